The summed E-state index contributed by atoms with van der Waals surface area (Å²) in [6.07, 6.45) is 0.743. The summed E-state index contributed by atoms with van der Waals surface area (Å²) in [7, 11) is 2.36. The topological polar surface area (TPSA) is 90.9 Å². The van der Waals surface area contributed by atoms with Gasteiger partial charge in [0.2, 0.25) is 0 Å². The van der Waals surface area contributed by atoms with Gasteiger partial charge in [0.05, 0.1) is 20.1 Å². The molecular weight excluding hydrogens is 314 g/mol. The predicted molar refractivity (Wildman–Crippen MR) is 85.9 cm³/mol. The summed E-state index contributed by atoms with van der Waals surface area (Å²) in [4.78, 5) is 35.7. The third kappa shape index (κ3) is 5.75. The quantitative estimate of drug-likeness (QED) is 0.443. The van der Waals surface area contributed by atoms with Crippen LogP contribution in [0.15, 0.2) is 43.0 Å². The summed E-state index contributed by atoms with van der Waals surface area (Å²) in [6.45, 7) is 3.57. The van der Waals surface area contributed by atoms with Crippen molar-refractivity contribution < 1.29 is 28.6 Å². The summed E-state index contributed by atoms with van der Waals surface area (Å²) in [6, 6.07) is 7.81. The summed E-state index contributed by atoms with van der Waals surface area (Å²) in [5.41, 5.74) is 0.790. The van der Waals surface area contributed by atoms with Gasteiger partial charge in [-0.2, -0.15) is 0 Å². The van der Waals surface area contributed by atoms with Gasteiger partial charge in [-0.3, -0.25) is 4.79 Å². The van der Waals surface area contributed by atoms with E-state index in [4.69, 9.17) is 4.74 Å². The fourth-order valence-electron chi connectivity index (χ4n) is 2.04. The maximum Gasteiger partial charge on any atom is 0.408 e. The molecule has 0 aliphatic rings. The summed E-state index contributed by atoms with van der Waals surface area (Å²) >= 11 is 0. The minimum Gasteiger partial charge on any atom is -0.469 e. The lowest BCUT2D eigenvalue weighted by Gasteiger charge is -2.23. The van der Waals surface area contributed by atoms with Gasteiger partial charge in [-0.25, -0.2) is 9.59 Å². The first kappa shape index (κ1) is 19.2. The molecule has 0 unspecified atom stereocenters. The van der Waals surface area contributed by atoms with E-state index in [1.807, 2.05) is 18.2 Å². The van der Waals surface area contributed by atoms with E-state index in [2.05, 4.69) is 21.4 Å². The Morgan fingerprint density at radius 2 is 1.75 bits per heavy atom. The fraction of sp³-hybridized carbons (Fsp3) is 0.353. The van der Waals surface area contributed by atoms with Crippen LogP contribution in [0.25, 0.3) is 0 Å². The van der Waals surface area contributed by atoms with Crippen molar-refractivity contribution in [2.75, 3.05) is 14.2 Å². The molecule has 1 N–H and O–H groups in total. The van der Waals surface area contributed by atoms with Crippen LogP contribution in [-0.2, 0) is 30.4 Å². The van der Waals surface area contributed by atoms with Crippen molar-refractivity contribution in [2.24, 2.45) is 5.92 Å². The lowest BCUT2D eigenvalue weighted by Crippen LogP contribution is -2.49. The molecule has 7 nitrogen and oxygen atoms in total. The molecule has 0 bridgehead atoms. The monoisotopic (exact) mass is 335 g/mol. The molecule has 0 fully saturated rings. The highest BCUT2D eigenvalue weighted by atomic mass is 16.6. The number of allylic oxidation sites excluding steroid dienone is 1. The number of carbonyl (C=O) groups excluding carboxylic acids is 3. The minimum absolute atomic E-state index is 0.0327. The average molecular weight is 335 g/mol. The van der Waals surface area contributed by atoms with Crippen molar-refractivity contribution in [2.45, 2.75) is 19.1 Å². The number of benzene rings is 1. The molecule has 2 atom stereocenters. The molecule has 1 rings (SSSR count). The highest BCUT2D eigenvalue weighted by Crippen LogP contribution is 2.14. The molecule has 130 valence electrons. The van der Waals surface area contributed by atoms with E-state index < -0.39 is 30.0 Å². The molecule has 0 heterocycles. The molecule has 0 saturated carbocycles. The Hall–Kier alpha value is -2.83. The lowest BCUT2D eigenvalue weighted by molar-refractivity contribution is -0.154. The number of ether oxygens (including phenoxy) is 3. The van der Waals surface area contributed by atoms with E-state index in [1.165, 1.54) is 13.2 Å². The molecule has 7 heteroatoms. The highest BCUT2D eigenvalue weighted by Gasteiger charge is 2.36. The van der Waals surface area contributed by atoms with Gasteiger partial charge in [-0.05, 0) is 12.0 Å². The van der Waals surface area contributed by atoms with Crippen molar-refractivity contribution in [1.82, 2.24) is 5.32 Å². The van der Waals surface area contributed by atoms with Gasteiger partial charge >= 0.3 is 18.0 Å². The fourth-order valence-corrected chi connectivity index (χ4v) is 2.04. The van der Waals surface area contributed by atoms with Crippen molar-refractivity contribution >= 4 is 18.0 Å². The Kier molecular flexibility index (Phi) is 8.04. The Morgan fingerprint density at radius 3 is 2.29 bits per heavy atom. The van der Waals surface area contributed by atoms with Crippen molar-refractivity contribution in [3.63, 3.8) is 0 Å². The second kappa shape index (κ2) is 10.0. The smallest absolute Gasteiger partial charge is 0.408 e. The number of methoxy groups -OCH3 is 2. The number of alkyl carbamates (subject to hydrolysis) is 1. The normalized spacial score (nSPS) is 12.4. The molecular formula is C17H21NO6. The molecule has 0 aromatic heterocycles. The third-order valence-corrected chi connectivity index (χ3v) is 3.27. The summed E-state index contributed by atoms with van der Waals surface area (Å²) in [5.74, 6) is -2.39. The third-order valence-electron chi connectivity index (χ3n) is 3.27. The van der Waals surface area contributed by atoms with Gasteiger partial charge in [-0.1, -0.05) is 36.4 Å². The Balaban J connectivity index is 2.76. The van der Waals surface area contributed by atoms with Crippen LogP contribution in [-0.4, -0.2) is 38.3 Å². The van der Waals surface area contributed by atoms with Gasteiger partial charge in [0.15, 0.2) is 0 Å². The van der Waals surface area contributed by atoms with Crippen LogP contribution in [0, 0.1) is 5.92 Å². The standard InChI is InChI=1S/C17H21NO6/c1-4-8-13(15(19)22-2)14(16(20)23-3)18-17(21)24-11-12-9-6-5-7-10-12/h4-7,9-10,13-14H,1,8,11H2,2-3H3,(H,18,21)/t13-,14+/m1/s1. The second-order valence-corrected chi connectivity index (χ2v) is 4.86. The Labute approximate surface area is 140 Å². The Morgan fingerprint density at radius 1 is 1.12 bits per heavy atom. The first-order valence-corrected chi connectivity index (χ1v) is 7.27. The maximum atomic E-state index is 11.9. The first-order valence-electron chi connectivity index (χ1n) is 7.27. The summed E-state index contributed by atoms with van der Waals surface area (Å²) in [5, 5.41) is 2.35. The zero-order valence-electron chi connectivity index (χ0n) is 13.7. The molecule has 1 aromatic carbocycles. The molecule has 0 aliphatic heterocycles. The lowest BCUT2D eigenvalue weighted by atomic mass is 9.96. The zero-order valence-corrected chi connectivity index (χ0v) is 13.7. The van der Waals surface area contributed by atoms with Crippen LogP contribution in [0.1, 0.15) is 12.0 Å². The van der Waals surface area contributed by atoms with E-state index >= 15 is 0 Å². The highest BCUT2D eigenvalue weighted by molar-refractivity contribution is 5.87. The molecule has 0 spiro atoms. The van der Waals surface area contributed by atoms with Gasteiger partial charge in [0.25, 0.3) is 0 Å². The number of esters is 2. The van der Waals surface area contributed by atoms with Crippen LogP contribution >= 0.6 is 0 Å². The molecule has 24 heavy (non-hydrogen) atoms. The van der Waals surface area contributed by atoms with E-state index in [1.54, 1.807) is 12.1 Å². The second-order valence-electron chi connectivity index (χ2n) is 4.86. The van der Waals surface area contributed by atoms with Gasteiger partial charge < -0.3 is 19.5 Å². The minimum atomic E-state index is -1.23. The van der Waals surface area contributed by atoms with Gasteiger partial charge in [0.1, 0.15) is 12.6 Å². The molecule has 0 saturated heterocycles. The molecule has 1 aromatic rings. The van der Waals surface area contributed by atoms with Crippen molar-refractivity contribution in [3.8, 4) is 0 Å². The van der Waals surface area contributed by atoms with Crippen LogP contribution in [0.3, 0.4) is 0 Å². The van der Waals surface area contributed by atoms with E-state index in [0.29, 0.717) is 0 Å². The van der Waals surface area contributed by atoms with Crippen molar-refractivity contribution in [1.29, 1.82) is 0 Å². The largest absolute Gasteiger partial charge is 0.469 e. The number of rotatable bonds is 8. The van der Waals surface area contributed by atoms with Crippen LogP contribution in [0.5, 0.6) is 0 Å². The zero-order chi connectivity index (χ0) is 17.9. The van der Waals surface area contributed by atoms with Gasteiger partial charge in [0, 0.05) is 0 Å². The molecule has 0 aliphatic carbocycles. The number of carbonyl (C=O) groups is 3. The number of hydrogen-bond acceptors (Lipinski definition) is 6. The predicted octanol–water partition coefficient (Wildman–Crippen LogP) is 1.82. The van der Waals surface area contributed by atoms with Crippen LogP contribution in [0.2, 0.25) is 0 Å². The number of hydrogen-bond donors (Lipinski definition) is 1. The number of nitrogens with one attached hydrogen (secondary N) is 1. The van der Waals surface area contributed by atoms with Crippen molar-refractivity contribution in [3.05, 3.63) is 48.6 Å². The number of amides is 1. The molecule has 0 radical (unpaired) electrons. The van der Waals surface area contributed by atoms with Crippen LogP contribution < -0.4 is 5.32 Å². The molecule has 1 amide bonds. The van der Waals surface area contributed by atoms with E-state index in [-0.39, 0.29) is 13.0 Å². The van der Waals surface area contributed by atoms with Gasteiger partial charge in [-0.15, -0.1) is 6.58 Å². The van der Waals surface area contributed by atoms with E-state index in [9.17, 15) is 14.4 Å². The van der Waals surface area contributed by atoms with Crippen LogP contribution in [0.4, 0.5) is 4.79 Å². The average Bonchev–Trinajstić information content (AvgIpc) is 2.62. The maximum absolute atomic E-state index is 11.9. The summed E-state index contributed by atoms with van der Waals surface area (Å²) < 4.78 is 14.4. The first-order chi connectivity index (χ1) is 11.5. The SMILES string of the molecule is C=CC[C@@H](C(=O)OC)[C@H](NC(=O)OCc1ccccc1)C(=O)OC. The Bertz CT molecular complexity index is 572. The van der Waals surface area contributed by atoms with E-state index in [0.717, 1.165) is 12.7 Å².